The topological polar surface area (TPSA) is 46.1 Å². The van der Waals surface area contributed by atoms with Crippen LogP contribution in [0.25, 0.3) is 0 Å². The van der Waals surface area contributed by atoms with E-state index in [0.29, 0.717) is 25.2 Å². The highest BCUT2D eigenvalue weighted by Gasteiger charge is 2.39. The zero-order valence-corrected chi connectivity index (χ0v) is 16.7. The number of nitrogens with one attached hydrogen (secondary N) is 1. The molecule has 0 aromatic carbocycles. The molecule has 0 aromatic heterocycles. The molecule has 0 radical (unpaired) electrons. The first kappa shape index (κ1) is 19.2. The van der Waals surface area contributed by atoms with E-state index < -0.39 is 0 Å². The van der Waals surface area contributed by atoms with Crippen LogP contribution in [0.5, 0.6) is 0 Å². The van der Waals surface area contributed by atoms with Crippen molar-refractivity contribution in [2.45, 2.75) is 51.6 Å². The number of hydrogen-bond donors (Lipinski definition) is 1. The lowest BCUT2D eigenvalue weighted by Crippen LogP contribution is -2.42. The first-order valence-electron chi connectivity index (χ1n) is 9.04. The Hall–Kier alpha value is -0.0800. The molecule has 3 aliphatic rings. The Morgan fingerprint density at radius 2 is 2.04 bits per heavy atom. The van der Waals surface area contributed by atoms with Crippen LogP contribution in [-0.2, 0) is 9.47 Å². The Labute approximate surface area is 157 Å². The predicted molar refractivity (Wildman–Crippen MR) is 104 cm³/mol. The third-order valence-corrected chi connectivity index (χ3v) is 5.32. The molecule has 134 valence electrons. The molecule has 0 bridgehead atoms. The molecule has 0 aromatic rings. The van der Waals surface area contributed by atoms with E-state index in [0.717, 1.165) is 25.7 Å². The van der Waals surface area contributed by atoms with Gasteiger partial charge in [-0.2, -0.15) is 0 Å². The van der Waals surface area contributed by atoms with E-state index in [-0.39, 0.29) is 30.1 Å². The van der Waals surface area contributed by atoms with Gasteiger partial charge in [-0.25, -0.2) is 0 Å². The lowest BCUT2D eigenvalue weighted by Gasteiger charge is -2.33. The van der Waals surface area contributed by atoms with Gasteiger partial charge in [-0.3, -0.25) is 4.99 Å². The summed E-state index contributed by atoms with van der Waals surface area (Å²) < 4.78 is 11.2. The second-order valence-electron chi connectivity index (χ2n) is 6.99. The normalized spacial score (nSPS) is 27.8. The minimum Gasteiger partial charge on any atom is -0.376 e. The lowest BCUT2D eigenvalue weighted by atomic mass is 9.73. The van der Waals surface area contributed by atoms with Gasteiger partial charge in [0.2, 0.25) is 0 Å². The second kappa shape index (κ2) is 9.42. The Morgan fingerprint density at radius 1 is 1.22 bits per heavy atom. The van der Waals surface area contributed by atoms with Crippen LogP contribution in [-0.4, -0.2) is 63.0 Å². The van der Waals surface area contributed by atoms with Crippen molar-refractivity contribution in [3.63, 3.8) is 0 Å². The predicted octanol–water partition coefficient (Wildman–Crippen LogP) is 2.64. The van der Waals surface area contributed by atoms with E-state index in [1.807, 2.05) is 0 Å². The van der Waals surface area contributed by atoms with Crippen LogP contribution in [0.4, 0.5) is 0 Å². The number of nitrogens with zero attached hydrogens (tertiary/aromatic N) is 2. The third kappa shape index (κ3) is 5.19. The Morgan fingerprint density at radius 3 is 2.74 bits per heavy atom. The molecule has 3 fully saturated rings. The van der Waals surface area contributed by atoms with Gasteiger partial charge in [-0.1, -0.05) is 19.3 Å². The maximum absolute atomic E-state index is 5.70. The van der Waals surface area contributed by atoms with Crippen LogP contribution in [0.3, 0.4) is 0 Å². The monoisotopic (exact) mass is 437 g/mol. The van der Waals surface area contributed by atoms with Crippen molar-refractivity contribution in [1.29, 1.82) is 0 Å². The molecule has 2 heterocycles. The highest BCUT2D eigenvalue weighted by atomic mass is 127. The number of halogens is 1. The summed E-state index contributed by atoms with van der Waals surface area (Å²) in [6.07, 6.45) is 8.51. The Kier molecular flexibility index (Phi) is 7.88. The summed E-state index contributed by atoms with van der Waals surface area (Å²) in [4.78, 5) is 7.29. The van der Waals surface area contributed by atoms with E-state index in [1.165, 1.54) is 45.1 Å². The fourth-order valence-electron chi connectivity index (χ4n) is 4.08. The van der Waals surface area contributed by atoms with E-state index in [2.05, 4.69) is 17.1 Å². The van der Waals surface area contributed by atoms with Gasteiger partial charge in [0.05, 0.1) is 26.4 Å². The maximum atomic E-state index is 5.70. The van der Waals surface area contributed by atoms with Crippen LogP contribution >= 0.6 is 24.0 Å². The van der Waals surface area contributed by atoms with Crippen LogP contribution in [0, 0.1) is 5.41 Å². The molecule has 1 saturated carbocycles. The number of aliphatic imine (C=N–C) groups is 1. The molecule has 2 saturated heterocycles. The molecule has 1 spiro atoms. The zero-order valence-electron chi connectivity index (χ0n) is 14.4. The number of guanidine groups is 1. The second-order valence-corrected chi connectivity index (χ2v) is 6.99. The fourth-order valence-corrected chi connectivity index (χ4v) is 4.08. The molecule has 2 aliphatic heterocycles. The van der Waals surface area contributed by atoms with E-state index in [4.69, 9.17) is 14.5 Å². The standard InChI is InChI=1S/C17H31N3O2.HI/c1-2-18-16(19-12-15-13-21-10-11-22-15)20-9-8-17(14-20)6-4-3-5-7-17;/h15H,2-14H2,1H3,(H,18,19);1H. The van der Waals surface area contributed by atoms with Crippen molar-refractivity contribution in [1.82, 2.24) is 10.2 Å². The largest absolute Gasteiger partial charge is 0.376 e. The first-order valence-corrected chi connectivity index (χ1v) is 9.04. The summed E-state index contributed by atoms with van der Waals surface area (Å²) in [5, 5.41) is 3.47. The number of rotatable bonds is 3. The molecule has 1 N–H and O–H groups in total. The Bertz CT molecular complexity index is 380. The first-order chi connectivity index (χ1) is 10.8. The van der Waals surface area contributed by atoms with Crippen LogP contribution in [0.15, 0.2) is 4.99 Å². The number of hydrogen-bond acceptors (Lipinski definition) is 3. The molecule has 1 aliphatic carbocycles. The Balaban J connectivity index is 0.00000192. The highest BCUT2D eigenvalue weighted by Crippen LogP contribution is 2.43. The average molecular weight is 437 g/mol. The number of likely N-dealkylation sites (tertiary alicyclic amines) is 1. The third-order valence-electron chi connectivity index (χ3n) is 5.32. The van der Waals surface area contributed by atoms with Gasteiger partial charge in [0.25, 0.3) is 0 Å². The average Bonchev–Trinajstić information content (AvgIpc) is 2.96. The SMILES string of the molecule is CCNC(=NCC1COCCO1)N1CCC2(CCCCC2)C1.I. The molecular formula is C17H32IN3O2. The van der Waals surface area contributed by atoms with E-state index >= 15 is 0 Å². The van der Waals surface area contributed by atoms with E-state index in [9.17, 15) is 0 Å². The highest BCUT2D eigenvalue weighted by molar-refractivity contribution is 14.0. The maximum Gasteiger partial charge on any atom is 0.194 e. The fraction of sp³-hybridized carbons (Fsp3) is 0.941. The molecule has 1 unspecified atom stereocenters. The molecular weight excluding hydrogens is 405 g/mol. The molecule has 3 rings (SSSR count). The van der Waals surface area contributed by atoms with Crippen LogP contribution in [0.1, 0.15) is 45.4 Å². The summed E-state index contributed by atoms with van der Waals surface area (Å²) in [7, 11) is 0. The van der Waals surface area contributed by atoms with Gasteiger partial charge in [0.15, 0.2) is 5.96 Å². The quantitative estimate of drug-likeness (QED) is 0.419. The summed E-state index contributed by atoms with van der Waals surface area (Å²) in [6, 6.07) is 0. The minimum atomic E-state index is 0. The molecule has 5 nitrogen and oxygen atoms in total. The number of ether oxygens (including phenoxy) is 2. The van der Waals surface area contributed by atoms with Crippen molar-refractivity contribution in [2.24, 2.45) is 10.4 Å². The van der Waals surface area contributed by atoms with Crippen molar-refractivity contribution < 1.29 is 9.47 Å². The summed E-state index contributed by atoms with van der Waals surface area (Å²) >= 11 is 0. The summed E-state index contributed by atoms with van der Waals surface area (Å²) in [5.41, 5.74) is 0.568. The van der Waals surface area contributed by atoms with Gasteiger partial charge in [-0.15, -0.1) is 24.0 Å². The van der Waals surface area contributed by atoms with Gasteiger partial charge >= 0.3 is 0 Å². The van der Waals surface area contributed by atoms with Gasteiger partial charge in [0.1, 0.15) is 6.10 Å². The smallest absolute Gasteiger partial charge is 0.194 e. The van der Waals surface area contributed by atoms with Gasteiger partial charge in [0, 0.05) is 19.6 Å². The van der Waals surface area contributed by atoms with Crippen LogP contribution < -0.4 is 5.32 Å². The van der Waals surface area contributed by atoms with Crippen molar-refractivity contribution in [3.8, 4) is 0 Å². The van der Waals surface area contributed by atoms with Crippen molar-refractivity contribution in [3.05, 3.63) is 0 Å². The molecule has 1 atom stereocenters. The van der Waals surface area contributed by atoms with Gasteiger partial charge in [-0.05, 0) is 31.6 Å². The lowest BCUT2D eigenvalue weighted by molar-refractivity contribution is -0.0833. The van der Waals surface area contributed by atoms with Crippen molar-refractivity contribution >= 4 is 29.9 Å². The summed E-state index contributed by atoms with van der Waals surface area (Å²) in [6.45, 7) is 8.18. The van der Waals surface area contributed by atoms with Crippen molar-refractivity contribution in [2.75, 3.05) is 46.0 Å². The molecule has 23 heavy (non-hydrogen) atoms. The molecule has 0 amide bonds. The molecule has 6 heteroatoms. The summed E-state index contributed by atoms with van der Waals surface area (Å²) in [5.74, 6) is 1.07. The van der Waals surface area contributed by atoms with Gasteiger partial charge < -0.3 is 19.7 Å². The zero-order chi connectivity index (χ0) is 15.3. The van der Waals surface area contributed by atoms with E-state index in [1.54, 1.807) is 0 Å². The minimum absolute atomic E-state index is 0. The van der Waals surface area contributed by atoms with Crippen LogP contribution in [0.2, 0.25) is 0 Å².